The number of sulfonamides is 1. The summed E-state index contributed by atoms with van der Waals surface area (Å²) in [6.07, 6.45) is -4.78. The van der Waals surface area contributed by atoms with Gasteiger partial charge in [-0.05, 0) is 18.2 Å². The molecule has 1 saturated heterocycles. The quantitative estimate of drug-likeness (QED) is 0.516. The number of alkyl halides is 3. The number of piperazine rings is 1. The Balaban J connectivity index is 1.83. The van der Waals surface area contributed by atoms with Crippen LogP contribution in [-0.2, 0) is 16.2 Å². The van der Waals surface area contributed by atoms with Crippen molar-refractivity contribution in [2.45, 2.75) is 10.4 Å². The molecule has 0 atom stereocenters. The van der Waals surface area contributed by atoms with Crippen LogP contribution in [0.15, 0.2) is 34.5 Å². The van der Waals surface area contributed by atoms with E-state index in [9.17, 15) is 31.7 Å². The van der Waals surface area contributed by atoms with Crippen LogP contribution in [0.2, 0.25) is 4.34 Å². The van der Waals surface area contributed by atoms with Gasteiger partial charge >= 0.3 is 6.18 Å². The molecule has 1 aliphatic rings. The molecule has 7 nitrogen and oxygen atoms in total. The van der Waals surface area contributed by atoms with Crippen LogP contribution >= 0.6 is 22.9 Å². The van der Waals surface area contributed by atoms with Crippen LogP contribution in [-0.4, -0.2) is 43.8 Å². The minimum Gasteiger partial charge on any atom is -0.368 e. The van der Waals surface area contributed by atoms with Crippen LogP contribution in [0.3, 0.4) is 0 Å². The van der Waals surface area contributed by atoms with Gasteiger partial charge < -0.3 is 4.90 Å². The summed E-state index contributed by atoms with van der Waals surface area (Å²) in [7, 11) is -3.77. The molecule has 152 valence electrons. The predicted molar refractivity (Wildman–Crippen MR) is 98.4 cm³/mol. The number of halogens is 4. The van der Waals surface area contributed by atoms with Crippen LogP contribution in [0.25, 0.3) is 0 Å². The Morgan fingerprint density at radius 2 is 1.75 bits per heavy atom. The molecule has 1 aromatic heterocycles. The van der Waals surface area contributed by atoms with E-state index in [0.717, 1.165) is 23.5 Å². The molecule has 1 aliphatic heterocycles. The molecule has 0 saturated carbocycles. The highest BCUT2D eigenvalue weighted by Crippen LogP contribution is 2.39. The van der Waals surface area contributed by atoms with Gasteiger partial charge in [-0.25, -0.2) is 8.42 Å². The van der Waals surface area contributed by atoms with Gasteiger partial charge in [-0.2, -0.15) is 17.5 Å². The maximum atomic E-state index is 13.4. The number of nitro benzene ring substituents is 1. The first-order valence-electron chi connectivity index (χ1n) is 7.86. The molecule has 13 heteroatoms. The lowest BCUT2D eigenvalue weighted by molar-refractivity contribution is -0.385. The van der Waals surface area contributed by atoms with E-state index in [2.05, 4.69) is 0 Å². The molecule has 1 aromatic carbocycles. The van der Waals surface area contributed by atoms with E-state index in [-0.39, 0.29) is 36.1 Å². The molecule has 0 radical (unpaired) electrons. The summed E-state index contributed by atoms with van der Waals surface area (Å²) in [6, 6.07) is 5.38. The van der Waals surface area contributed by atoms with Crippen molar-refractivity contribution in [2.75, 3.05) is 31.1 Å². The second kappa shape index (κ2) is 7.50. The Kier molecular flexibility index (Phi) is 5.58. The Hall–Kier alpha value is -1.89. The van der Waals surface area contributed by atoms with E-state index in [1.807, 2.05) is 0 Å². The Morgan fingerprint density at radius 1 is 1.11 bits per heavy atom. The second-order valence-electron chi connectivity index (χ2n) is 5.91. The summed E-state index contributed by atoms with van der Waals surface area (Å²) in [6.45, 7) is -0.0171. The predicted octanol–water partition coefficient (Wildman–Crippen LogP) is 3.84. The van der Waals surface area contributed by atoms with Crippen LogP contribution in [0.1, 0.15) is 5.56 Å². The zero-order valence-electron chi connectivity index (χ0n) is 14.0. The van der Waals surface area contributed by atoms with Crippen molar-refractivity contribution in [2.24, 2.45) is 0 Å². The van der Waals surface area contributed by atoms with Gasteiger partial charge in [0.1, 0.15) is 4.21 Å². The van der Waals surface area contributed by atoms with Crippen molar-refractivity contribution >= 4 is 44.3 Å². The fraction of sp³-hybridized carbons (Fsp3) is 0.333. The highest BCUT2D eigenvalue weighted by molar-refractivity contribution is 7.91. The monoisotopic (exact) mass is 455 g/mol. The van der Waals surface area contributed by atoms with Crippen molar-refractivity contribution in [3.8, 4) is 0 Å². The van der Waals surface area contributed by atoms with Gasteiger partial charge in [0.05, 0.1) is 14.8 Å². The lowest BCUT2D eigenvalue weighted by atomic mass is 10.1. The minimum atomic E-state index is -4.78. The molecule has 0 spiro atoms. The summed E-state index contributed by atoms with van der Waals surface area (Å²) in [4.78, 5) is 11.3. The third kappa shape index (κ3) is 4.09. The van der Waals surface area contributed by atoms with E-state index in [1.54, 1.807) is 0 Å². The number of benzene rings is 1. The maximum absolute atomic E-state index is 13.4. The SMILES string of the molecule is O=[N+]([O-])c1ccc(N2CCN(S(=O)(=O)c3ccc(Cl)s3)CC2)c(C(F)(F)F)c1. The number of non-ortho nitro benzene ring substituents is 1. The van der Waals surface area contributed by atoms with Gasteiger partial charge in [-0.15, -0.1) is 11.3 Å². The lowest BCUT2D eigenvalue weighted by Gasteiger charge is -2.36. The summed E-state index contributed by atoms with van der Waals surface area (Å²) >= 11 is 6.68. The topological polar surface area (TPSA) is 83.8 Å². The number of thiophene rings is 1. The molecule has 3 rings (SSSR count). The highest BCUT2D eigenvalue weighted by Gasteiger charge is 2.38. The van der Waals surface area contributed by atoms with Gasteiger partial charge in [-0.3, -0.25) is 10.1 Å². The van der Waals surface area contributed by atoms with Crippen molar-refractivity contribution in [3.63, 3.8) is 0 Å². The van der Waals surface area contributed by atoms with E-state index < -0.39 is 32.4 Å². The fourth-order valence-electron chi connectivity index (χ4n) is 2.87. The first kappa shape index (κ1) is 20.8. The van der Waals surface area contributed by atoms with Gasteiger partial charge in [0.2, 0.25) is 0 Å². The number of hydrogen-bond acceptors (Lipinski definition) is 6. The third-order valence-electron chi connectivity index (χ3n) is 4.22. The van der Waals surface area contributed by atoms with Crippen molar-refractivity contribution < 1.29 is 26.5 Å². The molecule has 0 N–H and O–H groups in total. The Morgan fingerprint density at radius 3 is 2.25 bits per heavy atom. The molecule has 1 fully saturated rings. The van der Waals surface area contributed by atoms with Gasteiger partial charge in [0.25, 0.3) is 15.7 Å². The number of anilines is 1. The molecule has 0 bridgehead atoms. The molecular formula is C15H13ClF3N3O4S2. The van der Waals surface area contributed by atoms with Gasteiger partial charge in [0.15, 0.2) is 0 Å². The van der Waals surface area contributed by atoms with E-state index in [1.165, 1.54) is 21.3 Å². The average molecular weight is 456 g/mol. The van der Waals surface area contributed by atoms with Crippen LogP contribution in [0, 0.1) is 10.1 Å². The highest BCUT2D eigenvalue weighted by atomic mass is 35.5. The van der Waals surface area contributed by atoms with Crippen molar-refractivity contribution in [3.05, 3.63) is 50.3 Å². The summed E-state index contributed by atoms with van der Waals surface area (Å²) in [5.41, 5.74) is -2.00. The number of nitro groups is 1. The molecule has 28 heavy (non-hydrogen) atoms. The summed E-state index contributed by atoms with van der Waals surface area (Å²) in [5.74, 6) is 0. The molecule has 0 amide bonds. The second-order valence-corrected chi connectivity index (χ2v) is 9.79. The largest absolute Gasteiger partial charge is 0.418 e. The van der Waals surface area contributed by atoms with E-state index in [0.29, 0.717) is 10.4 Å². The van der Waals surface area contributed by atoms with Gasteiger partial charge in [0, 0.05) is 44.0 Å². The fourth-order valence-corrected chi connectivity index (χ4v) is 5.93. The summed E-state index contributed by atoms with van der Waals surface area (Å²) in [5, 5.41) is 10.8. The van der Waals surface area contributed by atoms with Crippen molar-refractivity contribution in [1.82, 2.24) is 4.31 Å². The first-order chi connectivity index (χ1) is 13.0. The number of rotatable bonds is 4. The smallest absolute Gasteiger partial charge is 0.368 e. The Bertz CT molecular complexity index is 1000. The first-order valence-corrected chi connectivity index (χ1v) is 10.5. The number of nitrogens with zero attached hydrogens (tertiary/aromatic N) is 3. The zero-order valence-corrected chi connectivity index (χ0v) is 16.4. The molecule has 0 aliphatic carbocycles. The molecule has 2 heterocycles. The Labute approximate surface area is 167 Å². The molecule has 2 aromatic rings. The maximum Gasteiger partial charge on any atom is 0.418 e. The van der Waals surface area contributed by atoms with Crippen LogP contribution in [0.4, 0.5) is 24.5 Å². The molecular weight excluding hydrogens is 443 g/mol. The normalized spacial score (nSPS) is 16.4. The van der Waals surface area contributed by atoms with Gasteiger partial charge in [-0.1, -0.05) is 11.6 Å². The van der Waals surface area contributed by atoms with Crippen molar-refractivity contribution in [1.29, 1.82) is 0 Å². The van der Waals surface area contributed by atoms with E-state index >= 15 is 0 Å². The average Bonchev–Trinajstić information content (AvgIpc) is 3.08. The third-order valence-corrected chi connectivity index (χ3v) is 7.82. The van der Waals surface area contributed by atoms with E-state index in [4.69, 9.17) is 11.6 Å². The lowest BCUT2D eigenvalue weighted by Crippen LogP contribution is -2.49. The van der Waals surface area contributed by atoms with Crippen LogP contribution < -0.4 is 4.90 Å². The number of hydrogen-bond donors (Lipinski definition) is 0. The standard InChI is InChI=1S/C15H13ClF3N3O4S2/c16-13-3-4-14(27-13)28(25,26)21-7-5-20(6-8-21)12-2-1-10(22(23)24)9-11(12)15(17,18)19/h1-4,9H,5-8H2. The van der Waals surface area contributed by atoms with Crippen LogP contribution in [0.5, 0.6) is 0 Å². The zero-order chi connectivity index (χ0) is 20.7. The minimum absolute atomic E-state index is 0.0131. The molecule has 0 unspecified atom stereocenters. The summed E-state index contributed by atoms with van der Waals surface area (Å²) < 4.78 is 66.9.